The van der Waals surface area contributed by atoms with Crippen molar-refractivity contribution in [1.29, 1.82) is 0 Å². The van der Waals surface area contributed by atoms with Crippen LogP contribution in [0.2, 0.25) is 0 Å². The van der Waals surface area contributed by atoms with Gasteiger partial charge in [-0.1, -0.05) is 34.1 Å². The van der Waals surface area contributed by atoms with Crippen LogP contribution in [-0.2, 0) is 16.1 Å². The summed E-state index contributed by atoms with van der Waals surface area (Å²) in [5.74, 6) is 2.77. The van der Waals surface area contributed by atoms with Crippen LogP contribution in [0.5, 0.6) is 11.5 Å². The molecule has 4 saturated carbocycles. The largest absolute Gasteiger partial charge is 0.493 e. The van der Waals surface area contributed by atoms with Gasteiger partial charge < -0.3 is 14.8 Å². The highest BCUT2D eigenvalue weighted by molar-refractivity contribution is 9.10. The molecule has 4 bridgehead atoms. The Bertz CT molecular complexity index is 1310. The number of ether oxygens (including phenoxy) is 2. The molecule has 9 heteroatoms. The van der Waals surface area contributed by atoms with Crippen LogP contribution >= 0.6 is 27.7 Å². The monoisotopic (exact) mass is 610 g/mol. The molecule has 39 heavy (non-hydrogen) atoms. The van der Waals surface area contributed by atoms with E-state index in [0.29, 0.717) is 22.0 Å². The number of benzene rings is 2. The Labute approximate surface area is 240 Å². The minimum Gasteiger partial charge on any atom is -0.493 e. The first kappa shape index (κ1) is 26.4. The molecule has 4 aliphatic carbocycles. The Kier molecular flexibility index (Phi) is 7.22. The van der Waals surface area contributed by atoms with Gasteiger partial charge in [0.05, 0.1) is 18.6 Å². The van der Waals surface area contributed by atoms with Crippen LogP contribution in [0.1, 0.15) is 49.7 Å². The van der Waals surface area contributed by atoms with Crippen molar-refractivity contribution >= 4 is 50.8 Å². The number of thioether (sulfide) groups is 1. The van der Waals surface area contributed by atoms with E-state index in [1.165, 1.54) is 31.3 Å². The van der Waals surface area contributed by atoms with Crippen LogP contribution < -0.4 is 14.8 Å². The average molecular weight is 612 g/mol. The summed E-state index contributed by atoms with van der Waals surface area (Å²) in [5, 5.41) is 3.03. The third-order valence-electron chi connectivity index (χ3n) is 8.41. The van der Waals surface area contributed by atoms with Gasteiger partial charge in [0.1, 0.15) is 0 Å². The Hall–Kier alpha value is -2.78. The first-order valence-electron chi connectivity index (χ1n) is 13.4. The predicted molar refractivity (Wildman–Crippen MR) is 153 cm³/mol. The maximum atomic E-state index is 13.0. The normalized spacial score (nSPS) is 28.3. The Morgan fingerprint density at radius 2 is 1.72 bits per heavy atom. The number of nitrogens with one attached hydrogen (secondary N) is 1. The van der Waals surface area contributed by atoms with Gasteiger partial charge in [0, 0.05) is 10.0 Å². The van der Waals surface area contributed by atoms with Crippen LogP contribution in [0.15, 0.2) is 51.8 Å². The lowest BCUT2D eigenvalue weighted by Crippen LogP contribution is -2.60. The van der Waals surface area contributed by atoms with E-state index in [1.807, 2.05) is 24.3 Å². The van der Waals surface area contributed by atoms with Gasteiger partial charge in [-0.3, -0.25) is 19.3 Å². The number of hydrogen-bond acceptors (Lipinski definition) is 6. The summed E-state index contributed by atoms with van der Waals surface area (Å²) in [4.78, 5) is 40.0. The number of rotatable bonds is 8. The predicted octanol–water partition coefficient (Wildman–Crippen LogP) is 6.16. The van der Waals surface area contributed by atoms with Crippen molar-refractivity contribution in [2.75, 3.05) is 13.7 Å². The van der Waals surface area contributed by atoms with Crippen molar-refractivity contribution in [3.05, 3.63) is 63.0 Å². The van der Waals surface area contributed by atoms with Gasteiger partial charge in [0.15, 0.2) is 18.1 Å². The topological polar surface area (TPSA) is 84.9 Å². The van der Waals surface area contributed by atoms with E-state index in [1.54, 1.807) is 24.3 Å². The molecule has 0 unspecified atom stereocenters. The minimum absolute atomic E-state index is 0.0521. The minimum atomic E-state index is -0.325. The maximum Gasteiger partial charge on any atom is 0.293 e. The highest BCUT2D eigenvalue weighted by Gasteiger charge is 2.51. The van der Waals surface area contributed by atoms with Gasteiger partial charge in [-0.15, -0.1) is 0 Å². The lowest BCUT2D eigenvalue weighted by molar-refractivity contribution is -0.129. The SMILES string of the molecule is COc1cc(/C=C2\SC(=O)N(Cc3ccc(Br)cc3)C2=O)ccc1OCC(=O)NC12CC3CC(CC(C3)C1)C2. The number of imide groups is 1. The molecule has 7 nitrogen and oxygen atoms in total. The van der Waals surface area contributed by atoms with E-state index >= 15 is 0 Å². The summed E-state index contributed by atoms with van der Waals surface area (Å²) in [7, 11) is 1.54. The first-order chi connectivity index (χ1) is 18.8. The molecule has 204 valence electrons. The molecule has 1 N–H and O–H groups in total. The van der Waals surface area contributed by atoms with Gasteiger partial charge in [-0.25, -0.2) is 0 Å². The fourth-order valence-electron chi connectivity index (χ4n) is 7.19. The number of carbonyl (C=O) groups excluding carboxylic acids is 3. The van der Waals surface area contributed by atoms with E-state index in [2.05, 4.69) is 21.2 Å². The van der Waals surface area contributed by atoms with Gasteiger partial charge in [-0.2, -0.15) is 0 Å². The fraction of sp³-hybridized carbons (Fsp3) is 0.433. The van der Waals surface area contributed by atoms with E-state index in [0.717, 1.165) is 58.8 Å². The van der Waals surface area contributed by atoms with Crippen molar-refractivity contribution in [3.8, 4) is 11.5 Å². The van der Waals surface area contributed by atoms with Crippen molar-refractivity contribution in [2.45, 2.75) is 50.6 Å². The summed E-state index contributed by atoms with van der Waals surface area (Å²) in [6.45, 7) is 0.142. The van der Waals surface area contributed by atoms with Crippen LogP contribution in [0, 0.1) is 17.8 Å². The van der Waals surface area contributed by atoms with Gasteiger partial charge in [-0.05, 0) is 110 Å². The molecule has 0 spiro atoms. The second-order valence-electron chi connectivity index (χ2n) is 11.3. The molecule has 0 atom stereocenters. The van der Waals surface area contributed by atoms with Crippen LogP contribution in [-0.4, -0.2) is 41.2 Å². The third-order valence-corrected chi connectivity index (χ3v) is 9.85. The van der Waals surface area contributed by atoms with Crippen LogP contribution in [0.25, 0.3) is 6.08 Å². The Morgan fingerprint density at radius 1 is 1.05 bits per heavy atom. The third kappa shape index (κ3) is 5.61. The number of methoxy groups -OCH3 is 1. The smallest absolute Gasteiger partial charge is 0.293 e. The second-order valence-corrected chi connectivity index (χ2v) is 13.2. The molecule has 1 heterocycles. The Balaban J connectivity index is 1.09. The summed E-state index contributed by atoms with van der Waals surface area (Å²) >= 11 is 4.32. The molecule has 0 aromatic heterocycles. The molecule has 5 aliphatic rings. The molecule has 1 aliphatic heterocycles. The maximum absolute atomic E-state index is 13.0. The molecule has 7 rings (SSSR count). The number of amides is 3. The zero-order valence-corrected chi connectivity index (χ0v) is 24.2. The van der Waals surface area contributed by atoms with E-state index in [-0.39, 0.29) is 35.7 Å². The van der Waals surface area contributed by atoms with Crippen LogP contribution in [0.3, 0.4) is 0 Å². The molecule has 3 amide bonds. The Morgan fingerprint density at radius 3 is 2.36 bits per heavy atom. The molecule has 2 aromatic carbocycles. The van der Waals surface area contributed by atoms with Crippen molar-refractivity contribution in [3.63, 3.8) is 0 Å². The van der Waals surface area contributed by atoms with Crippen molar-refractivity contribution < 1.29 is 23.9 Å². The first-order valence-corrected chi connectivity index (χ1v) is 15.0. The molecule has 2 aromatic rings. The number of hydrogen-bond donors (Lipinski definition) is 1. The van der Waals surface area contributed by atoms with E-state index in [9.17, 15) is 14.4 Å². The fourth-order valence-corrected chi connectivity index (χ4v) is 8.29. The average Bonchev–Trinajstić information content (AvgIpc) is 3.15. The lowest BCUT2D eigenvalue weighted by Gasteiger charge is -2.56. The summed E-state index contributed by atoms with van der Waals surface area (Å²) in [6, 6.07) is 12.8. The van der Waals surface area contributed by atoms with Crippen molar-refractivity contribution in [1.82, 2.24) is 10.2 Å². The van der Waals surface area contributed by atoms with Crippen molar-refractivity contribution in [2.24, 2.45) is 17.8 Å². The second kappa shape index (κ2) is 10.7. The zero-order valence-electron chi connectivity index (χ0n) is 21.8. The van der Waals surface area contributed by atoms with Gasteiger partial charge in [0.2, 0.25) is 0 Å². The highest BCUT2D eigenvalue weighted by Crippen LogP contribution is 2.55. The quantitative estimate of drug-likeness (QED) is 0.360. The number of carbonyl (C=O) groups is 3. The molecule has 1 saturated heterocycles. The van der Waals surface area contributed by atoms with Crippen LogP contribution in [0.4, 0.5) is 4.79 Å². The lowest BCUT2D eigenvalue weighted by atomic mass is 9.53. The molecule has 5 fully saturated rings. The van der Waals surface area contributed by atoms with E-state index < -0.39 is 0 Å². The van der Waals surface area contributed by atoms with E-state index in [4.69, 9.17) is 9.47 Å². The molecular weight excluding hydrogens is 580 g/mol. The zero-order chi connectivity index (χ0) is 27.1. The number of nitrogens with zero attached hydrogens (tertiary/aromatic N) is 1. The number of halogens is 1. The summed E-state index contributed by atoms with van der Waals surface area (Å²) in [5.41, 5.74) is 1.52. The summed E-state index contributed by atoms with van der Waals surface area (Å²) < 4.78 is 12.3. The standard InChI is InChI=1S/C30H31BrN2O5S/c1-37-25-11-19(12-26-28(35)33(29(36)39-26)16-18-2-5-23(31)6-3-18)4-7-24(25)38-17-27(34)32-30-13-20-8-21(14-30)10-22(9-20)15-30/h2-7,11-12,20-22H,8-10,13-17H2,1H3,(H,32,34)/b26-12-. The highest BCUT2D eigenvalue weighted by atomic mass is 79.9. The molecule has 0 radical (unpaired) electrons. The van der Waals surface area contributed by atoms with Gasteiger partial charge in [0.25, 0.3) is 17.1 Å². The summed E-state index contributed by atoms with van der Waals surface area (Å²) in [6.07, 6.45) is 8.94. The molecular formula is C30H31BrN2O5S. The van der Waals surface area contributed by atoms with Gasteiger partial charge >= 0.3 is 0 Å².